The predicted octanol–water partition coefficient (Wildman–Crippen LogP) is 0.116. The van der Waals surface area contributed by atoms with E-state index in [1.807, 2.05) is 0 Å². The summed E-state index contributed by atoms with van der Waals surface area (Å²) >= 11 is 0. The molecule has 0 radical (unpaired) electrons. The Morgan fingerprint density at radius 1 is 1.06 bits per heavy atom. The van der Waals surface area contributed by atoms with Crippen molar-refractivity contribution in [2.75, 3.05) is 45.6 Å². The van der Waals surface area contributed by atoms with Crippen LogP contribution in [-0.2, 0) is 10.0 Å². The Balaban J connectivity index is 2.28. The monoisotopic (exact) mass is 264 g/mol. The molecular formula is C11H24N2O3S. The molecule has 6 heteroatoms. The van der Waals surface area contributed by atoms with Crippen molar-refractivity contribution >= 4 is 10.0 Å². The zero-order valence-corrected chi connectivity index (χ0v) is 11.5. The number of aliphatic hydroxyl groups is 1. The Labute approximate surface area is 104 Å². The zero-order chi connectivity index (χ0) is 12.7. The van der Waals surface area contributed by atoms with E-state index in [9.17, 15) is 8.42 Å². The van der Waals surface area contributed by atoms with E-state index in [-0.39, 0.29) is 6.61 Å². The van der Waals surface area contributed by atoms with Crippen LogP contribution in [0.3, 0.4) is 0 Å². The summed E-state index contributed by atoms with van der Waals surface area (Å²) in [7, 11) is -3.03. The standard InChI is InChI=1S/C11H24N2O3S/c1-17(15,16)13-8-5-7-12(9-10-13)6-3-2-4-11-14/h14H,2-11H2,1H3. The minimum atomic E-state index is -3.03. The summed E-state index contributed by atoms with van der Waals surface area (Å²) in [5.74, 6) is 0. The third-order valence-electron chi connectivity index (χ3n) is 3.15. The van der Waals surface area contributed by atoms with Gasteiger partial charge in [-0.1, -0.05) is 0 Å². The average Bonchev–Trinajstić information content (AvgIpc) is 2.49. The summed E-state index contributed by atoms with van der Waals surface area (Å²) in [6.45, 7) is 4.33. The van der Waals surface area contributed by atoms with Crippen LogP contribution in [0, 0.1) is 0 Å². The highest BCUT2D eigenvalue weighted by molar-refractivity contribution is 7.88. The Bertz CT molecular complexity index is 306. The summed E-state index contributed by atoms with van der Waals surface area (Å²) in [6.07, 6.45) is 5.18. The number of sulfonamides is 1. The van der Waals surface area contributed by atoms with Gasteiger partial charge < -0.3 is 10.0 Å². The number of unbranched alkanes of at least 4 members (excludes halogenated alkanes) is 2. The number of rotatable bonds is 6. The van der Waals surface area contributed by atoms with Crippen molar-refractivity contribution in [1.29, 1.82) is 0 Å². The average molecular weight is 264 g/mol. The van der Waals surface area contributed by atoms with Crippen molar-refractivity contribution in [2.45, 2.75) is 25.7 Å². The van der Waals surface area contributed by atoms with Gasteiger partial charge in [0.15, 0.2) is 0 Å². The SMILES string of the molecule is CS(=O)(=O)N1CCCN(CCCCCO)CC1. The molecule has 0 aliphatic carbocycles. The number of hydrogen-bond donors (Lipinski definition) is 1. The number of hydrogen-bond acceptors (Lipinski definition) is 4. The van der Waals surface area contributed by atoms with E-state index in [1.54, 1.807) is 4.31 Å². The first-order valence-electron chi connectivity index (χ1n) is 6.32. The van der Waals surface area contributed by atoms with Gasteiger partial charge in [0, 0.05) is 26.2 Å². The third kappa shape index (κ3) is 5.81. The van der Waals surface area contributed by atoms with Gasteiger partial charge in [-0.3, -0.25) is 0 Å². The summed E-state index contributed by atoms with van der Waals surface area (Å²) < 4.78 is 24.4. The molecule has 1 saturated heterocycles. The highest BCUT2D eigenvalue weighted by Crippen LogP contribution is 2.08. The maximum absolute atomic E-state index is 11.4. The molecule has 1 heterocycles. The normalized spacial score (nSPS) is 20.4. The van der Waals surface area contributed by atoms with Crippen LogP contribution in [0.15, 0.2) is 0 Å². The first kappa shape index (κ1) is 14.9. The maximum Gasteiger partial charge on any atom is 0.211 e. The molecule has 102 valence electrons. The summed E-state index contributed by atoms with van der Waals surface area (Å²) in [5.41, 5.74) is 0. The fraction of sp³-hybridized carbons (Fsp3) is 1.00. The second-order valence-electron chi connectivity index (χ2n) is 4.64. The van der Waals surface area contributed by atoms with Crippen molar-refractivity contribution in [3.8, 4) is 0 Å². The van der Waals surface area contributed by atoms with Crippen LogP contribution in [0.1, 0.15) is 25.7 Å². The Morgan fingerprint density at radius 2 is 1.82 bits per heavy atom. The summed E-state index contributed by atoms with van der Waals surface area (Å²) in [6, 6.07) is 0. The highest BCUT2D eigenvalue weighted by Gasteiger charge is 2.20. The molecular weight excluding hydrogens is 240 g/mol. The first-order chi connectivity index (χ1) is 8.04. The topological polar surface area (TPSA) is 60.9 Å². The van der Waals surface area contributed by atoms with Crippen LogP contribution in [0.4, 0.5) is 0 Å². The van der Waals surface area contributed by atoms with E-state index < -0.39 is 10.0 Å². The van der Waals surface area contributed by atoms with Crippen LogP contribution in [0.5, 0.6) is 0 Å². The molecule has 1 aliphatic heterocycles. The molecule has 0 bridgehead atoms. The van der Waals surface area contributed by atoms with Gasteiger partial charge in [-0.25, -0.2) is 12.7 Å². The van der Waals surface area contributed by atoms with Gasteiger partial charge in [0.25, 0.3) is 0 Å². The second-order valence-corrected chi connectivity index (χ2v) is 6.62. The largest absolute Gasteiger partial charge is 0.396 e. The molecule has 0 atom stereocenters. The van der Waals surface area contributed by atoms with E-state index in [2.05, 4.69) is 4.90 Å². The third-order valence-corrected chi connectivity index (χ3v) is 4.45. The lowest BCUT2D eigenvalue weighted by atomic mass is 10.2. The van der Waals surface area contributed by atoms with Gasteiger partial charge in [0.05, 0.1) is 6.26 Å². The maximum atomic E-state index is 11.4. The van der Waals surface area contributed by atoms with Crippen molar-refractivity contribution < 1.29 is 13.5 Å². The molecule has 1 fully saturated rings. The molecule has 5 nitrogen and oxygen atoms in total. The van der Waals surface area contributed by atoms with Gasteiger partial charge in [-0.05, 0) is 38.8 Å². The Morgan fingerprint density at radius 3 is 2.47 bits per heavy atom. The van der Waals surface area contributed by atoms with Gasteiger partial charge in [0.1, 0.15) is 0 Å². The molecule has 1 N–H and O–H groups in total. The minimum absolute atomic E-state index is 0.266. The van der Waals surface area contributed by atoms with Crippen molar-refractivity contribution in [3.63, 3.8) is 0 Å². The van der Waals surface area contributed by atoms with E-state index in [0.29, 0.717) is 13.1 Å². The fourth-order valence-electron chi connectivity index (χ4n) is 2.13. The van der Waals surface area contributed by atoms with Crippen LogP contribution in [-0.4, -0.2) is 68.3 Å². The quantitative estimate of drug-likeness (QED) is 0.692. The van der Waals surface area contributed by atoms with Crippen LogP contribution in [0.2, 0.25) is 0 Å². The van der Waals surface area contributed by atoms with E-state index in [4.69, 9.17) is 5.11 Å². The number of aliphatic hydroxyl groups excluding tert-OH is 1. The summed E-state index contributed by atoms with van der Waals surface area (Å²) in [5, 5.41) is 8.69. The minimum Gasteiger partial charge on any atom is -0.396 e. The first-order valence-corrected chi connectivity index (χ1v) is 8.17. The molecule has 0 amide bonds. The lowest BCUT2D eigenvalue weighted by Gasteiger charge is -2.20. The molecule has 1 rings (SSSR count). The molecule has 0 aromatic rings. The van der Waals surface area contributed by atoms with Gasteiger partial charge >= 0.3 is 0 Å². The molecule has 1 aliphatic rings. The Hall–Kier alpha value is -0.170. The lowest BCUT2D eigenvalue weighted by molar-refractivity contribution is 0.259. The van der Waals surface area contributed by atoms with E-state index >= 15 is 0 Å². The van der Waals surface area contributed by atoms with Crippen molar-refractivity contribution in [2.24, 2.45) is 0 Å². The van der Waals surface area contributed by atoms with Gasteiger partial charge in [-0.15, -0.1) is 0 Å². The van der Waals surface area contributed by atoms with E-state index in [0.717, 1.165) is 45.3 Å². The molecule has 0 aromatic carbocycles. The molecule has 0 aromatic heterocycles. The van der Waals surface area contributed by atoms with Crippen LogP contribution < -0.4 is 0 Å². The van der Waals surface area contributed by atoms with Gasteiger partial charge in [0.2, 0.25) is 10.0 Å². The number of nitrogens with zero attached hydrogens (tertiary/aromatic N) is 2. The van der Waals surface area contributed by atoms with Crippen molar-refractivity contribution in [1.82, 2.24) is 9.21 Å². The highest BCUT2D eigenvalue weighted by atomic mass is 32.2. The molecule has 17 heavy (non-hydrogen) atoms. The predicted molar refractivity (Wildman–Crippen MR) is 68.4 cm³/mol. The fourth-order valence-corrected chi connectivity index (χ4v) is 3.00. The second kappa shape index (κ2) is 7.31. The molecule has 0 unspecified atom stereocenters. The smallest absolute Gasteiger partial charge is 0.211 e. The van der Waals surface area contributed by atoms with Crippen LogP contribution >= 0.6 is 0 Å². The van der Waals surface area contributed by atoms with E-state index in [1.165, 1.54) is 6.26 Å². The molecule has 0 saturated carbocycles. The Kier molecular flexibility index (Phi) is 6.40. The van der Waals surface area contributed by atoms with Gasteiger partial charge in [-0.2, -0.15) is 0 Å². The lowest BCUT2D eigenvalue weighted by Crippen LogP contribution is -2.34. The van der Waals surface area contributed by atoms with Crippen molar-refractivity contribution in [3.05, 3.63) is 0 Å². The van der Waals surface area contributed by atoms with Crippen LogP contribution in [0.25, 0.3) is 0 Å². The summed E-state index contributed by atoms with van der Waals surface area (Å²) in [4.78, 5) is 2.32. The zero-order valence-electron chi connectivity index (χ0n) is 10.6. The molecule has 0 spiro atoms.